The first-order valence-electron chi connectivity index (χ1n) is 8.74. The van der Waals surface area contributed by atoms with Crippen molar-refractivity contribution in [2.75, 3.05) is 6.61 Å². The van der Waals surface area contributed by atoms with Gasteiger partial charge in [0.25, 0.3) is 0 Å². The molecule has 0 bridgehead atoms. The molecule has 2 saturated carbocycles. The lowest BCUT2D eigenvalue weighted by Gasteiger charge is -2.58. The number of hydrogen-bond acceptors (Lipinski definition) is 2. The molecule has 122 valence electrons. The molecule has 2 N–H and O–H groups in total. The van der Waals surface area contributed by atoms with E-state index in [0.29, 0.717) is 23.9 Å². The van der Waals surface area contributed by atoms with Gasteiger partial charge in [0.1, 0.15) is 0 Å². The third-order valence-corrected chi connectivity index (χ3v) is 6.88. The molecule has 0 aliphatic heterocycles. The minimum Gasteiger partial charge on any atom is -0.396 e. The second-order valence-electron chi connectivity index (χ2n) is 8.45. The molecule has 0 aromatic heterocycles. The fraction of sp³-hybridized carbons (Fsp3) is 0.895. The molecule has 0 radical (unpaired) electrons. The normalized spacial score (nSPS) is 42.9. The summed E-state index contributed by atoms with van der Waals surface area (Å²) in [6, 6.07) is 0. The molecular weight excluding hydrogens is 260 g/mol. The SMILES string of the molecule is C=CC(C)(O)CCC1CCCC2C(C)(CO)CCCC12C. The summed E-state index contributed by atoms with van der Waals surface area (Å²) in [7, 11) is 0. The van der Waals surface area contributed by atoms with Crippen molar-refractivity contribution in [2.45, 2.75) is 77.7 Å². The number of hydrogen-bond donors (Lipinski definition) is 2. The van der Waals surface area contributed by atoms with Crippen molar-refractivity contribution in [3.05, 3.63) is 12.7 Å². The van der Waals surface area contributed by atoms with Crippen molar-refractivity contribution < 1.29 is 10.2 Å². The Bertz CT molecular complexity index is 376. The first-order chi connectivity index (χ1) is 9.77. The summed E-state index contributed by atoms with van der Waals surface area (Å²) in [6.45, 7) is 10.7. The van der Waals surface area contributed by atoms with Gasteiger partial charge in [0.15, 0.2) is 0 Å². The van der Waals surface area contributed by atoms with Crippen molar-refractivity contribution in [3.8, 4) is 0 Å². The summed E-state index contributed by atoms with van der Waals surface area (Å²) < 4.78 is 0. The van der Waals surface area contributed by atoms with Gasteiger partial charge in [-0.15, -0.1) is 6.58 Å². The van der Waals surface area contributed by atoms with Crippen molar-refractivity contribution in [1.29, 1.82) is 0 Å². The average Bonchev–Trinajstić information content (AvgIpc) is 2.45. The zero-order valence-corrected chi connectivity index (χ0v) is 14.2. The summed E-state index contributed by atoms with van der Waals surface area (Å²) in [6.07, 6.45) is 11.1. The Labute approximate surface area is 130 Å². The van der Waals surface area contributed by atoms with Crippen molar-refractivity contribution >= 4 is 0 Å². The van der Waals surface area contributed by atoms with Crippen LogP contribution in [0.4, 0.5) is 0 Å². The molecule has 0 aromatic rings. The third kappa shape index (κ3) is 3.22. The maximum atomic E-state index is 10.2. The van der Waals surface area contributed by atoms with Crippen LogP contribution in [0.1, 0.15) is 72.1 Å². The summed E-state index contributed by atoms with van der Waals surface area (Å²) in [5.74, 6) is 1.31. The van der Waals surface area contributed by atoms with Crippen LogP contribution in [0.3, 0.4) is 0 Å². The van der Waals surface area contributed by atoms with Crippen LogP contribution in [0, 0.1) is 22.7 Å². The van der Waals surface area contributed by atoms with Crippen LogP contribution in [-0.2, 0) is 0 Å². The standard InChI is InChI=1S/C19H34O2/c1-5-18(3,21)13-10-15-8-6-9-16-17(2,14-20)11-7-12-19(15,16)4/h5,15-16,20-21H,1,6-14H2,2-4H3. The zero-order chi connectivity index (χ0) is 15.7. The van der Waals surface area contributed by atoms with Crippen molar-refractivity contribution in [3.63, 3.8) is 0 Å². The van der Waals surface area contributed by atoms with E-state index in [9.17, 15) is 10.2 Å². The Morgan fingerprint density at radius 1 is 1.24 bits per heavy atom. The monoisotopic (exact) mass is 294 g/mol. The molecule has 2 nitrogen and oxygen atoms in total. The Morgan fingerprint density at radius 2 is 1.95 bits per heavy atom. The highest BCUT2D eigenvalue weighted by Crippen LogP contribution is 2.60. The van der Waals surface area contributed by atoms with E-state index in [2.05, 4.69) is 20.4 Å². The van der Waals surface area contributed by atoms with E-state index in [1.54, 1.807) is 6.08 Å². The summed E-state index contributed by atoms with van der Waals surface area (Å²) >= 11 is 0. The molecule has 2 aliphatic carbocycles. The van der Waals surface area contributed by atoms with E-state index < -0.39 is 5.60 Å². The van der Waals surface area contributed by atoms with Crippen molar-refractivity contribution in [2.24, 2.45) is 22.7 Å². The topological polar surface area (TPSA) is 40.5 Å². The van der Waals surface area contributed by atoms with Crippen LogP contribution in [0.2, 0.25) is 0 Å². The lowest BCUT2D eigenvalue weighted by Crippen LogP contribution is -2.51. The highest BCUT2D eigenvalue weighted by Gasteiger charge is 2.53. The Morgan fingerprint density at radius 3 is 2.57 bits per heavy atom. The summed E-state index contributed by atoms with van der Waals surface area (Å²) in [4.78, 5) is 0. The van der Waals surface area contributed by atoms with Crippen LogP contribution in [-0.4, -0.2) is 22.4 Å². The Kier molecular flexibility index (Phi) is 4.90. The van der Waals surface area contributed by atoms with Gasteiger partial charge in [0.05, 0.1) is 5.60 Å². The van der Waals surface area contributed by atoms with Gasteiger partial charge >= 0.3 is 0 Å². The van der Waals surface area contributed by atoms with Crippen LogP contribution < -0.4 is 0 Å². The van der Waals surface area contributed by atoms with E-state index in [0.717, 1.165) is 12.8 Å². The van der Waals surface area contributed by atoms with Gasteiger partial charge in [-0.2, -0.15) is 0 Å². The van der Waals surface area contributed by atoms with Gasteiger partial charge in [-0.05, 0) is 68.1 Å². The molecular formula is C19H34O2. The number of rotatable bonds is 5. The third-order valence-electron chi connectivity index (χ3n) is 6.88. The molecule has 0 amide bonds. The summed E-state index contributed by atoms with van der Waals surface area (Å²) in [5.41, 5.74) is -0.296. The molecule has 2 heteroatoms. The lowest BCUT2D eigenvalue weighted by atomic mass is 9.47. The van der Waals surface area contributed by atoms with Gasteiger partial charge < -0.3 is 10.2 Å². The van der Waals surface area contributed by atoms with E-state index in [1.807, 2.05) is 6.92 Å². The molecule has 0 aromatic carbocycles. The van der Waals surface area contributed by atoms with E-state index in [4.69, 9.17) is 0 Å². The molecule has 2 aliphatic rings. The Hall–Kier alpha value is -0.340. The fourth-order valence-corrected chi connectivity index (χ4v) is 5.31. The van der Waals surface area contributed by atoms with Gasteiger partial charge in [0.2, 0.25) is 0 Å². The highest BCUT2D eigenvalue weighted by atomic mass is 16.3. The summed E-state index contributed by atoms with van der Waals surface area (Å²) in [5, 5.41) is 20.2. The number of fused-ring (bicyclic) bond motifs is 1. The molecule has 2 fully saturated rings. The number of aliphatic hydroxyl groups is 2. The van der Waals surface area contributed by atoms with E-state index >= 15 is 0 Å². The maximum absolute atomic E-state index is 10.2. The zero-order valence-electron chi connectivity index (χ0n) is 14.2. The quantitative estimate of drug-likeness (QED) is 0.742. The van der Waals surface area contributed by atoms with Gasteiger partial charge in [-0.3, -0.25) is 0 Å². The van der Waals surface area contributed by atoms with Crippen LogP contribution in [0.15, 0.2) is 12.7 Å². The molecule has 0 saturated heterocycles. The highest BCUT2D eigenvalue weighted by molar-refractivity contribution is 5.03. The van der Waals surface area contributed by atoms with Gasteiger partial charge in [-0.1, -0.05) is 32.8 Å². The van der Waals surface area contributed by atoms with Gasteiger partial charge in [0, 0.05) is 6.61 Å². The van der Waals surface area contributed by atoms with Gasteiger partial charge in [-0.25, -0.2) is 0 Å². The first kappa shape index (κ1) is 17.0. The predicted molar refractivity (Wildman–Crippen MR) is 88.0 cm³/mol. The predicted octanol–water partition coefficient (Wildman–Crippen LogP) is 4.31. The second kappa shape index (κ2) is 6.04. The number of aliphatic hydroxyl groups excluding tert-OH is 1. The largest absolute Gasteiger partial charge is 0.396 e. The van der Waals surface area contributed by atoms with E-state index in [1.165, 1.54) is 38.5 Å². The average molecular weight is 294 g/mol. The molecule has 2 rings (SSSR count). The van der Waals surface area contributed by atoms with Crippen LogP contribution in [0.5, 0.6) is 0 Å². The molecule has 5 atom stereocenters. The molecule has 5 unspecified atom stereocenters. The lowest BCUT2D eigenvalue weighted by molar-refractivity contribution is -0.105. The molecule has 0 heterocycles. The van der Waals surface area contributed by atoms with Crippen LogP contribution >= 0.6 is 0 Å². The Balaban J connectivity index is 2.14. The van der Waals surface area contributed by atoms with Crippen molar-refractivity contribution in [1.82, 2.24) is 0 Å². The minimum absolute atomic E-state index is 0.104. The van der Waals surface area contributed by atoms with E-state index in [-0.39, 0.29) is 5.41 Å². The van der Waals surface area contributed by atoms with Crippen LogP contribution in [0.25, 0.3) is 0 Å². The smallest absolute Gasteiger partial charge is 0.0797 e. The molecule has 0 spiro atoms. The maximum Gasteiger partial charge on any atom is 0.0797 e. The molecule has 21 heavy (non-hydrogen) atoms. The first-order valence-corrected chi connectivity index (χ1v) is 8.74. The minimum atomic E-state index is -0.738. The second-order valence-corrected chi connectivity index (χ2v) is 8.45. The fourth-order valence-electron chi connectivity index (χ4n) is 5.31.